The molecule has 1 aromatic rings. The van der Waals surface area contributed by atoms with E-state index >= 15 is 0 Å². The number of piperidine rings is 1. The molecule has 0 saturated carbocycles. The third-order valence-electron chi connectivity index (χ3n) is 5.69. The number of rotatable bonds is 5. The van der Waals surface area contributed by atoms with Crippen molar-refractivity contribution >= 4 is 27.4 Å². The summed E-state index contributed by atoms with van der Waals surface area (Å²) in [6, 6.07) is 4.23. The van der Waals surface area contributed by atoms with Gasteiger partial charge in [0.25, 0.3) is 0 Å². The Morgan fingerprint density at radius 3 is 2.32 bits per heavy atom. The van der Waals surface area contributed by atoms with Gasteiger partial charge >= 0.3 is 6.03 Å². The van der Waals surface area contributed by atoms with Crippen molar-refractivity contribution in [1.82, 2.24) is 9.62 Å². The van der Waals surface area contributed by atoms with Gasteiger partial charge < -0.3 is 19.9 Å². The lowest BCUT2D eigenvalue weighted by Gasteiger charge is -2.37. The van der Waals surface area contributed by atoms with Crippen LogP contribution < -0.4 is 14.9 Å². The quantitative estimate of drug-likeness (QED) is 0.711. The first-order valence-corrected chi connectivity index (χ1v) is 12.4. The van der Waals surface area contributed by atoms with Crippen LogP contribution in [0.5, 0.6) is 0 Å². The van der Waals surface area contributed by atoms with Crippen LogP contribution >= 0.6 is 0 Å². The van der Waals surface area contributed by atoms with Crippen molar-refractivity contribution in [1.29, 1.82) is 0 Å². The number of amides is 2. The molecule has 174 valence electrons. The largest absolute Gasteiger partial charge is 0.372 e. The van der Waals surface area contributed by atoms with Crippen LogP contribution in [0.4, 0.5) is 20.6 Å². The Labute approximate surface area is 184 Å². The predicted octanol–water partition coefficient (Wildman–Crippen LogP) is 2.76. The minimum absolute atomic E-state index is 0.0236. The first-order chi connectivity index (χ1) is 14.5. The Balaban J connectivity index is 1.55. The molecule has 2 atom stereocenters. The van der Waals surface area contributed by atoms with Crippen LogP contribution in [-0.4, -0.2) is 69.0 Å². The highest BCUT2D eigenvalue weighted by Gasteiger charge is 2.28. The van der Waals surface area contributed by atoms with E-state index in [1.165, 1.54) is 6.07 Å². The number of nitrogens with one attached hydrogen (secondary N) is 2. The summed E-state index contributed by atoms with van der Waals surface area (Å²) in [5, 5.41) is 2.26. The number of hydrogen-bond donors (Lipinski definition) is 2. The van der Waals surface area contributed by atoms with Crippen molar-refractivity contribution in [2.24, 2.45) is 0 Å². The maximum Gasteiger partial charge on any atom is 0.321 e. The number of carbonyl (C=O) groups excluding carboxylic acids is 1. The summed E-state index contributed by atoms with van der Waals surface area (Å²) in [6.07, 6.45) is 1.13. The van der Waals surface area contributed by atoms with Crippen LogP contribution in [0.3, 0.4) is 0 Å². The normalized spacial score (nSPS) is 23.3. The topological polar surface area (TPSA) is 91.0 Å². The molecule has 2 N–H and O–H groups in total. The Hall–Kier alpha value is -1.91. The highest BCUT2D eigenvalue weighted by Crippen LogP contribution is 2.26. The van der Waals surface area contributed by atoms with Crippen LogP contribution in [-0.2, 0) is 14.8 Å². The molecule has 2 amide bonds. The maximum atomic E-state index is 14.7. The molecule has 31 heavy (non-hydrogen) atoms. The molecule has 1 aromatic carbocycles. The van der Waals surface area contributed by atoms with Crippen molar-refractivity contribution in [3.63, 3.8) is 0 Å². The second-order valence-corrected chi connectivity index (χ2v) is 11.0. The number of benzene rings is 1. The van der Waals surface area contributed by atoms with E-state index in [-0.39, 0.29) is 30.1 Å². The number of anilines is 2. The summed E-state index contributed by atoms with van der Waals surface area (Å²) in [6.45, 7) is 9.29. The molecule has 8 nitrogen and oxygen atoms in total. The lowest BCUT2D eigenvalue weighted by molar-refractivity contribution is -0.00539. The molecular weight excluding hydrogens is 423 g/mol. The zero-order valence-electron chi connectivity index (χ0n) is 18.6. The van der Waals surface area contributed by atoms with Gasteiger partial charge in [0.15, 0.2) is 0 Å². The van der Waals surface area contributed by atoms with Crippen molar-refractivity contribution in [3.05, 3.63) is 24.0 Å². The van der Waals surface area contributed by atoms with Crippen LogP contribution in [0.2, 0.25) is 0 Å². The molecule has 3 rings (SSSR count). The molecule has 0 spiro atoms. The molecule has 2 aliphatic rings. The number of morpholine rings is 1. The Morgan fingerprint density at radius 1 is 1.16 bits per heavy atom. The fourth-order valence-corrected chi connectivity index (χ4v) is 4.96. The van der Waals surface area contributed by atoms with E-state index in [4.69, 9.17) is 4.74 Å². The Bertz CT molecular complexity index is 877. The Kier molecular flexibility index (Phi) is 7.43. The lowest BCUT2D eigenvalue weighted by atomic mass is 10.1. The number of sulfonamides is 1. The van der Waals surface area contributed by atoms with Crippen LogP contribution in [0.25, 0.3) is 0 Å². The maximum absolute atomic E-state index is 14.7. The number of hydrogen-bond acceptors (Lipinski definition) is 5. The number of urea groups is 1. The molecule has 0 aromatic heterocycles. The highest BCUT2D eigenvalue weighted by atomic mass is 32.2. The molecule has 10 heteroatoms. The van der Waals surface area contributed by atoms with Gasteiger partial charge in [0, 0.05) is 37.9 Å². The van der Waals surface area contributed by atoms with E-state index in [1.54, 1.807) is 30.9 Å². The van der Waals surface area contributed by atoms with Crippen molar-refractivity contribution in [2.45, 2.75) is 64.0 Å². The van der Waals surface area contributed by atoms with E-state index in [2.05, 4.69) is 10.0 Å². The zero-order valence-corrected chi connectivity index (χ0v) is 19.4. The summed E-state index contributed by atoms with van der Waals surface area (Å²) in [5.74, 6) is -0.388. The molecule has 0 radical (unpaired) electrons. The van der Waals surface area contributed by atoms with Crippen LogP contribution in [0.1, 0.15) is 40.5 Å². The van der Waals surface area contributed by atoms with Crippen molar-refractivity contribution in [2.75, 3.05) is 36.4 Å². The second kappa shape index (κ2) is 9.70. The van der Waals surface area contributed by atoms with Gasteiger partial charge in [-0.3, -0.25) is 0 Å². The third-order valence-corrected chi connectivity index (χ3v) is 7.60. The van der Waals surface area contributed by atoms with Crippen molar-refractivity contribution < 1.29 is 22.3 Å². The first-order valence-electron chi connectivity index (χ1n) is 10.8. The van der Waals surface area contributed by atoms with E-state index in [0.717, 1.165) is 0 Å². The van der Waals surface area contributed by atoms with E-state index in [0.29, 0.717) is 50.4 Å². The molecule has 2 heterocycles. The molecule has 2 saturated heterocycles. The summed E-state index contributed by atoms with van der Waals surface area (Å²) in [7, 11) is -3.33. The van der Waals surface area contributed by atoms with E-state index in [1.807, 2.05) is 18.7 Å². The Morgan fingerprint density at radius 2 is 1.77 bits per heavy atom. The lowest BCUT2D eigenvalue weighted by Crippen LogP contribution is -2.48. The minimum Gasteiger partial charge on any atom is -0.372 e. The summed E-state index contributed by atoms with van der Waals surface area (Å²) in [4.78, 5) is 16.2. The van der Waals surface area contributed by atoms with Gasteiger partial charge in [-0.15, -0.1) is 0 Å². The van der Waals surface area contributed by atoms with Gasteiger partial charge in [-0.1, -0.05) is 0 Å². The van der Waals surface area contributed by atoms with Gasteiger partial charge in [-0.05, 0) is 58.7 Å². The van der Waals surface area contributed by atoms with Gasteiger partial charge in [-0.25, -0.2) is 22.3 Å². The number of carbonyl (C=O) groups is 1. The first kappa shape index (κ1) is 23.7. The van der Waals surface area contributed by atoms with E-state index < -0.39 is 15.3 Å². The summed E-state index contributed by atoms with van der Waals surface area (Å²) >= 11 is 0. The SMILES string of the molecule is CC(C)S(=O)(=O)NC1CCN(C(=O)Nc2ccc(N3C[C@@H](C)O[C@@H](C)C3)c(F)c2)CC1. The molecule has 2 aliphatic heterocycles. The van der Waals surface area contributed by atoms with Crippen LogP contribution in [0.15, 0.2) is 18.2 Å². The second-order valence-electron chi connectivity index (χ2n) is 8.73. The average Bonchev–Trinajstić information content (AvgIpc) is 2.67. The zero-order chi connectivity index (χ0) is 22.8. The monoisotopic (exact) mass is 456 g/mol. The van der Waals surface area contributed by atoms with Crippen LogP contribution in [0, 0.1) is 5.82 Å². The average molecular weight is 457 g/mol. The van der Waals surface area contributed by atoms with Gasteiger partial charge in [0.1, 0.15) is 5.82 Å². The fourth-order valence-electron chi connectivity index (χ4n) is 3.99. The predicted molar refractivity (Wildman–Crippen MR) is 119 cm³/mol. The molecule has 0 aliphatic carbocycles. The van der Waals surface area contributed by atoms with Gasteiger partial charge in [-0.2, -0.15) is 0 Å². The summed E-state index contributed by atoms with van der Waals surface area (Å²) in [5.41, 5.74) is 0.890. The van der Waals surface area contributed by atoms with Gasteiger partial charge in [0.2, 0.25) is 10.0 Å². The highest BCUT2D eigenvalue weighted by molar-refractivity contribution is 7.90. The van der Waals surface area contributed by atoms with E-state index in [9.17, 15) is 17.6 Å². The number of ether oxygens (including phenoxy) is 1. The smallest absolute Gasteiger partial charge is 0.321 e. The third kappa shape index (κ3) is 6.08. The van der Waals surface area contributed by atoms with Gasteiger partial charge in [0.05, 0.1) is 23.1 Å². The molecule has 0 bridgehead atoms. The molecular formula is C21H33FN4O4S. The van der Waals surface area contributed by atoms with Crippen molar-refractivity contribution in [3.8, 4) is 0 Å². The molecule has 2 fully saturated rings. The standard InChI is InChI=1S/C21H33FN4O4S/c1-14(2)31(28,29)24-17-7-9-25(10-8-17)21(27)23-18-5-6-20(19(22)11-18)26-12-15(3)30-16(4)13-26/h5-6,11,14-17,24H,7-10,12-13H2,1-4H3,(H,23,27)/t15-,16+. The number of nitrogens with zero attached hydrogens (tertiary/aromatic N) is 2. The number of halogens is 1. The summed E-state index contributed by atoms with van der Waals surface area (Å²) < 4.78 is 47.2. The molecule has 0 unspecified atom stereocenters. The fraction of sp³-hybridized carbons (Fsp3) is 0.667. The minimum atomic E-state index is -3.33. The number of likely N-dealkylation sites (tertiary alicyclic amines) is 1.